The highest BCUT2D eigenvalue weighted by Gasteiger charge is 2.20. The molecule has 0 aliphatic rings. The number of nitrogens with one attached hydrogen (secondary N) is 1. The number of carbonyl (C=O) groups is 1. The van der Waals surface area contributed by atoms with Gasteiger partial charge in [-0.2, -0.15) is 0 Å². The largest absolute Gasteiger partial charge is 0.465 e. The van der Waals surface area contributed by atoms with Gasteiger partial charge in [0, 0.05) is 28.9 Å². The summed E-state index contributed by atoms with van der Waals surface area (Å²) in [6.07, 6.45) is 2.96. The number of H-pyrrole nitrogens is 1. The van der Waals surface area contributed by atoms with Crippen molar-refractivity contribution in [3.05, 3.63) is 87.8 Å². The molecule has 0 saturated carbocycles. The van der Waals surface area contributed by atoms with Crippen molar-refractivity contribution < 1.29 is 9.53 Å². The van der Waals surface area contributed by atoms with Gasteiger partial charge in [-0.1, -0.05) is 48.0 Å². The highest BCUT2D eigenvalue weighted by molar-refractivity contribution is 6.35. The molecule has 0 aliphatic carbocycles. The summed E-state index contributed by atoms with van der Waals surface area (Å²) in [5.41, 5.74) is 2.77. The molecule has 0 radical (unpaired) electrons. The molecular weight excluding hydrogens is 428 g/mol. The molecular formula is C24H15ClN4O3. The molecule has 32 heavy (non-hydrogen) atoms. The van der Waals surface area contributed by atoms with Crippen molar-refractivity contribution in [2.75, 3.05) is 7.11 Å². The molecule has 0 saturated heterocycles. The lowest BCUT2D eigenvalue weighted by Crippen LogP contribution is -2.18. The summed E-state index contributed by atoms with van der Waals surface area (Å²) >= 11 is 6.51. The van der Waals surface area contributed by atoms with Gasteiger partial charge in [-0.15, -0.1) is 0 Å². The molecule has 5 aromatic rings. The number of nitrogens with zero attached hydrogens (tertiary/aromatic N) is 3. The van der Waals surface area contributed by atoms with Gasteiger partial charge in [0.25, 0.3) is 0 Å². The average molecular weight is 443 g/mol. The van der Waals surface area contributed by atoms with Crippen LogP contribution in [0.15, 0.2) is 71.8 Å². The van der Waals surface area contributed by atoms with Gasteiger partial charge in [0.1, 0.15) is 5.56 Å². The Morgan fingerprint density at radius 3 is 2.53 bits per heavy atom. The van der Waals surface area contributed by atoms with E-state index in [0.717, 1.165) is 10.9 Å². The SMILES string of the molecule is COC(=O)c1c[nH]c2nc(-c3ccccc3)c(-c3cc(Cl)c4ncccc4c3)nc2c1=O. The first-order valence-corrected chi connectivity index (χ1v) is 10.1. The summed E-state index contributed by atoms with van der Waals surface area (Å²) in [5, 5.41) is 1.28. The molecule has 1 N–H and O–H groups in total. The van der Waals surface area contributed by atoms with E-state index in [2.05, 4.69) is 19.9 Å². The standard InChI is InChI=1S/C24H15ClN4O3/c1-32-24(31)16-12-27-23-21(22(16)30)28-20(19(29-23)13-6-3-2-4-7-13)15-10-14-8-5-9-26-18(14)17(25)11-15/h2-12H,1H3,(H,27,29,30). The highest BCUT2D eigenvalue weighted by atomic mass is 35.5. The zero-order valence-corrected chi connectivity index (χ0v) is 17.6. The minimum atomic E-state index is -0.747. The summed E-state index contributed by atoms with van der Waals surface area (Å²) in [4.78, 5) is 41.5. The first-order valence-electron chi connectivity index (χ1n) is 9.68. The molecule has 0 fully saturated rings. The van der Waals surface area contributed by atoms with Gasteiger partial charge in [0.05, 0.1) is 29.0 Å². The van der Waals surface area contributed by atoms with Crippen molar-refractivity contribution in [2.24, 2.45) is 0 Å². The Bertz CT molecular complexity index is 1570. The Hall–Kier alpha value is -4.10. The van der Waals surface area contributed by atoms with Gasteiger partial charge in [0.15, 0.2) is 11.2 Å². The fraction of sp³-hybridized carbons (Fsp3) is 0.0417. The summed E-state index contributed by atoms with van der Waals surface area (Å²) in [6, 6.07) is 16.9. The zero-order chi connectivity index (χ0) is 22.2. The predicted molar refractivity (Wildman–Crippen MR) is 123 cm³/mol. The van der Waals surface area contributed by atoms with Crippen LogP contribution in [0.1, 0.15) is 10.4 Å². The van der Waals surface area contributed by atoms with Gasteiger partial charge in [-0.3, -0.25) is 9.78 Å². The topological polar surface area (TPSA) is 97.8 Å². The number of fused-ring (bicyclic) bond motifs is 2. The van der Waals surface area contributed by atoms with Crippen LogP contribution in [0.3, 0.4) is 0 Å². The summed E-state index contributed by atoms with van der Waals surface area (Å²) < 4.78 is 4.71. The van der Waals surface area contributed by atoms with Crippen LogP contribution in [0, 0.1) is 0 Å². The number of hydrogen-bond donors (Lipinski definition) is 1. The Morgan fingerprint density at radius 2 is 1.75 bits per heavy atom. The van der Waals surface area contributed by atoms with E-state index in [9.17, 15) is 9.59 Å². The highest BCUT2D eigenvalue weighted by Crippen LogP contribution is 2.34. The van der Waals surface area contributed by atoms with E-state index >= 15 is 0 Å². The average Bonchev–Trinajstić information content (AvgIpc) is 2.83. The van der Waals surface area contributed by atoms with E-state index in [1.54, 1.807) is 12.3 Å². The van der Waals surface area contributed by atoms with Crippen LogP contribution in [0.2, 0.25) is 5.02 Å². The zero-order valence-electron chi connectivity index (χ0n) is 16.8. The van der Waals surface area contributed by atoms with Crippen molar-refractivity contribution in [1.82, 2.24) is 19.9 Å². The van der Waals surface area contributed by atoms with Crippen molar-refractivity contribution in [2.45, 2.75) is 0 Å². The fourth-order valence-electron chi connectivity index (χ4n) is 3.57. The number of hydrogen-bond acceptors (Lipinski definition) is 6. The van der Waals surface area contributed by atoms with E-state index < -0.39 is 11.4 Å². The van der Waals surface area contributed by atoms with Crippen LogP contribution in [-0.2, 0) is 4.74 Å². The number of aromatic amines is 1. The molecule has 0 bridgehead atoms. The second-order valence-corrected chi connectivity index (χ2v) is 7.45. The van der Waals surface area contributed by atoms with Gasteiger partial charge in [-0.05, 0) is 18.2 Å². The summed E-state index contributed by atoms with van der Waals surface area (Å²) in [5.74, 6) is -0.747. The number of esters is 1. The third-order valence-electron chi connectivity index (χ3n) is 5.09. The molecule has 3 heterocycles. The number of carbonyl (C=O) groups excluding carboxylic acids is 1. The van der Waals surface area contributed by atoms with Gasteiger partial charge >= 0.3 is 5.97 Å². The lowest BCUT2D eigenvalue weighted by atomic mass is 10.0. The maximum atomic E-state index is 13.0. The molecule has 156 valence electrons. The van der Waals surface area contributed by atoms with Crippen molar-refractivity contribution >= 4 is 39.6 Å². The van der Waals surface area contributed by atoms with Crippen molar-refractivity contribution in [3.63, 3.8) is 0 Å². The van der Waals surface area contributed by atoms with Gasteiger partial charge < -0.3 is 9.72 Å². The maximum Gasteiger partial charge on any atom is 0.343 e. The number of halogens is 1. The number of methoxy groups -OCH3 is 1. The Labute approximate surface area is 186 Å². The number of rotatable bonds is 3. The molecule has 0 aliphatic heterocycles. The van der Waals surface area contributed by atoms with Crippen LogP contribution in [0.25, 0.3) is 44.6 Å². The molecule has 5 rings (SSSR count). The molecule has 0 amide bonds. The van der Waals surface area contributed by atoms with Crippen LogP contribution in [0.5, 0.6) is 0 Å². The number of ether oxygens (including phenoxy) is 1. The second kappa shape index (κ2) is 7.86. The predicted octanol–water partition coefficient (Wildman–Crippen LogP) is 4.64. The summed E-state index contributed by atoms with van der Waals surface area (Å²) in [7, 11) is 1.21. The van der Waals surface area contributed by atoms with Crippen molar-refractivity contribution in [3.8, 4) is 22.5 Å². The minimum Gasteiger partial charge on any atom is -0.465 e. The molecule has 2 aromatic carbocycles. The lowest BCUT2D eigenvalue weighted by Gasteiger charge is -2.12. The smallest absolute Gasteiger partial charge is 0.343 e. The Balaban J connectivity index is 1.86. The van der Waals surface area contributed by atoms with Crippen molar-refractivity contribution in [1.29, 1.82) is 0 Å². The minimum absolute atomic E-state index is 0.0324. The maximum absolute atomic E-state index is 13.0. The van der Waals surface area contributed by atoms with E-state index in [1.807, 2.05) is 48.5 Å². The molecule has 0 atom stereocenters. The normalized spacial score (nSPS) is 11.1. The Morgan fingerprint density at radius 1 is 0.969 bits per heavy atom. The fourth-order valence-corrected chi connectivity index (χ4v) is 3.85. The lowest BCUT2D eigenvalue weighted by molar-refractivity contribution is 0.0599. The van der Waals surface area contributed by atoms with Crippen LogP contribution >= 0.6 is 11.6 Å². The first-order chi connectivity index (χ1) is 15.6. The number of aromatic nitrogens is 4. The number of pyridine rings is 2. The van der Waals surface area contributed by atoms with E-state index in [-0.39, 0.29) is 16.7 Å². The summed E-state index contributed by atoms with van der Waals surface area (Å²) in [6.45, 7) is 0. The molecule has 0 unspecified atom stereocenters. The van der Waals surface area contributed by atoms with E-state index in [0.29, 0.717) is 27.5 Å². The molecule has 0 spiro atoms. The molecule has 8 heteroatoms. The van der Waals surface area contributed by atoms with Crippen LogP contribution < -0.4 is 5.43 Å². The van der Waals surface area contributed by atoms with E-state index in [1.165, 1.54) is 13.3 Å². The second-order valence-electron chi connectivity index (χ2n) is 7.04. The third kappa shape index (κ3) is 3.29. The van der Waals surface area contributed by atoms with Gasteiger partial charge in [0.2, 0.25) is 5.43 Å². The quantitative estimate of drug-likeness (QED) is 0.409. The van der Waals surface area contributed by atoms with Gasteiger partial charge in [-0.25, -0.2) is 14.8 Å². The van der Waals surface area contributed by atoms with E-state index in [4.69, 9.17) is 16.3 Å². The molecule has 7 nitrogen and oxygen atoms in total. The molecule has 3 aromatic heterocycles. The third-order valence-corrected chi connectivity index (χ3v) is 5.38. The number of benzene rings is 2. The first kappa shape index (κ1) is 19.8. The van der Waals surface area contributed by atoms with Crippen LogP contribution in [-0.4, -0.2) is 33.0 Å². The Kier molecular flexibility index (Phi) is 4.88. The monoisotopic (exact) mass is 442 g/mol. The van der Waals surface area contributed by atoms with Crippen LogP contribution in [0.4, 0.5) is 0 Å².